The van der Waals surface area contributed by atoms with Crippen LogP contribution in [0.3, 0.4) is 0 Å². The van der Waals surface area contributed by atoms with Gasteiger partial charge in [-0.15, -0.1) is 5.92 Å². The number of rotatable bonds is 2. The van der Waals surface area contributed by atoms with Crippen molar-refractivity contribution < 1.29 is 5.11 Å². The fraction of sp³-hybridized carbons (Fsp3) is 0.333. The lowest BCUT2D eigenvalue weighted by molar-refractivity contribution is 0.201. The van der Waals surface area contributed by atoms with Crippen LogP contribution < -0.4 is 0 Å². The molecule has 0 aliphatic carbocycles. The number of benzene rings is 1. The molecule has 0 spiro atoms. The summed E-state index contributed by atoms with van der Waals surface area (Å²) in [4.78, 5) is 0. The van der Waals surface area contributed by atoms with E-state index < -0.39 is 0 Å². The van der Waals surface area contributed by atoms with Crippen molar-refractivity contribution in [2.24, 2.45) is 0 Å². The molecule has 0 amide bonds. The summed E-state index contributed by atoms with van der Waals surface area (Å²) < 4.78 is 0. The zero-order valence-corrected chi connectivity index (χ0v) is 7.83. The molecule has 68 valence electrons. The summed E-state index contributed by atoms with van der Waals surface area (Å²) in [5.74, 6) is 5.96. The second kappa shape index (κ2) is 5.40. The fourth-order valence-corrected chi connectivity index (χ4v) is 0.980. The summed E-state index contributed by atoms with van der Waals surface area (Å²) in [5.41, 5.74) is 1.22. The molecule has 1 heteroatoms. The van der Waals surface area contributed by atoms with Gasteiger partial charge < -0.3 is 5.11 Å². The van der Waals surface area contributed by atoms with Crippen LogP contribution in [0.25, 0.3) is 0 Å². The minimum absolute atomic E-state index is 0.316. The van der Waals surface area contributed by atoms with Crippen molar-refractivity contribution in [3.8, 4) is 11.8 Å². The first kappa shape index (κ1) is 9.83. The van der Waals surface area contributed by atoms with Crippen molar-refractivity contribution in [1.29, 1.82) is 0 Å². The van der Waals surface area contributed by atoms with Gasteiger partial charge in [-0.2, -0.15) is 0 Å². The molecule has 0 unspecified atom stereocenters. The van der Waals surface area contributed by atoms with Crippen molar-refractivity contribution in [3.05, 3.63) is 35.9 Å². The Morgan fingerprint density at radius 3 is 2.54 bits per heavy atom. The van der Waals surface area contributed by atoms with Gasteiger partial charge in [0.15, 0.2) is 0 Å². The molecule has 0 aromatic heterocycles. The van der Waals surface area contributed by atoms with Crippen LogP contribution in [0.15, 0.2) is 30.3 Å². The Morgan fingerprint density at radius 1 is 1.23 bits per heavy atom. The van der Waals surface area contributed by atoms with E-state index in [9.17, 15) is 0 Å². The van der Waals surface area contributed by atoms with Crippen LogP contribution in [0, 0.1) is 11.8 Å². The Labute approximate surface area is 79.4 Å². The van der Waals surface area contributed by atoms with E-state index in [1.807, 2.05) is 18.2 Å². The molecule has 1 atom stereocenters. The van der Waals surface area contributed by atoms with Gasteiger partial charge in [-0.05, 0) is 12.5 Å². The molecular weight excluding hydrogens is 160 g/mol. The molecule has 1 aromatic rings. The summed E-state index contributed by atoms with van der Waals surface area (Å²) in [6, 6.07) is 10.1. The molecule has 1 rings (SSSR count). The van der Waals surface area contributed by atoms with Crippen molar-refractivity contribution in [2.75, 3.05) is 0 Å². The molecule has 0 saturated heterocycles. The Kier molecular flexibility index (Phi) is 4.08. The average molecular weight is 174 g/mol. The predicted octanol–water partition coefficient (Wildman–Crippen LogP) is 2.00. The lowest BCUT2D eigenvalue weighted by atomic mass is 10.1. The standard InChI is InChI=1S/C12H14O/c1-11(13)7-5-6-10-12-8-3-2-4-9-12/h2-4,8-9,11,13H,7,10H2,1H3/t11-/m0/s1. The van der Waals surface area contributed by atoms with E-state index in [0.717, 1.165) is 6.42 Å². The highest BCUT2D eigenvalue weighted by Crippen LogP contribution is 1.98. The Bertz CT molecular complexity index is 290. The van der Waals surface area contributed by atoms with Crippen LogP contribution in [0.4, 0.5) is 0 Å². The Hall–Kier alpha value is -1.26. The molecule has 1 N–H and O–H groups in total. The number of hydrogen-bond donors (Lipinski definition) is 1. The monoisotopic (exact) mass is 174 g/mol. The van der Waals surface area contributed by atoms with Gasteiger partial charge in [0.25, 0.3) is 0 Å². The van der Waals surface area contributed by atoms with Crippen LogP contribution in [0.2, 0.25) is 0 Å². The van der Waals surface area contributed by atoms with Gasteiger partial charge in [-0.3, -0.25) is 0 Å². The summed E-state index contributed by atoms with van der Waals surface area (Å²) in [6.45, 7) is 1.75. The fourth-order valence-electron chi connectivity index (χ4n) is 0.980. The topological polar surface area (TPSA) is 20.2 Å². The zero-order valence-electron chi connectivity index (χ0n) is 7.83. The maximum Gasteiger partial charge on any atom is 0.0621 e. The minimum atomic E-state index is -0.316. The van der Waals surface area contributed by atoms with Crippen LogP contribution in [-0.4, -0.2) is 11.2 Å². The molecule has 0 fully saturated rings. The number of aliphatic hydroxyl groups excluding tert-OH is 1. The molecule has 1 aromatic carbocycles. The zero-order chi connectivity index (χ0) is 9.52. The predicted molar refractivity (Wildman–Crippen MR) is 54.2 cm³/mol. The van der Waals surface area contributed by atoms with Crippen LogP contribution >= 0.6 is 0 Å². The second-order valence-electron chi connectivity index (χ2n) is 3.07. The van der Waals surface area contributed by atoms with Crippen molar-refractivity contribution in [2.45, 2.75) is 25.9 Å². The lowest BCUT2D eigenvalue weighted by Gasteiger charge is -1.94. The summed E-state index contributed by atoms with van der Waals surface area (Å²) in [5, 5.41) is 8.95. The molecule has 0 heterocycles. The van der Waals surface area contributed by atoms with Crippen molar-refractivity contribution in [3.63, 3.8) is 0 Å². The minimum Gasteiger partial charge on any atom is -0.392 e. The summed E-state index contributed by atoms with van der Waals surface area (Å²) in [7, 11) is 0. The van der Waals surface area contributed by atoms with Gasteiger partial charge in [0, 0.05) is 12.8 Å². The Balaban J connectivity index is 2.37. The molecule has 0 aliphatic rings. The molecule has 0 saturated carbocycles. The van der Waals surface area contributed by atoms with Crippen LogP contribution in [0.5, 0.6) is 0 Å². The Morgan fingerprint density at radius 2 is 1.92 bits per heavy atom. The van der Waals surface area contributed by atoms with E-state index >= 15 is 0 Å². The van der Waals surface area contributed by atoms with E-state index in [2.05, 4.69) is 24.0 Å². The highest BCUT2D eigenvalue weighted by atomic mass is 16.3. The van der Waals surface area contributed by atoms with E-state index in [0.29, 0.717) is 6.42 Å². The van der Waals surface area contributed by atoms with Gasteiger partial charge in [0.05, 0.1) is 6.10 Å². The lowest BCUT2D eigenvalue weighted by Crippen LogP contribution is -1.95. The molecular formula is C12H14O. The van der Waals surface area contributed by atoms with Crippen molar-refractivity contribution >= 4 is 0 Å². The molecule has 13 heavy (non-hydrogen) atoms. The van der Waals surface area contributed by atoms with Crippen LogP contribution in [0.1, 0.15) is 18.9 Å². The third-order valence-electron chi connectivity index (χ3n) is 1.66. The van der Waals surface area contributed by atoms with E-state index in [-0.39, 0.29) is 6.10 Å². The number of aliphatic hydroxyl groups is 1. The first-order valence-corrected chi connectivity index (χ1v) is 4.47. The largest absolute Gasteiger partial charge is 0.392 e. The summed E-state index contributed by atoms with van der Waals surface area (Å²) >= 11 is 0. The van der Waals surface area contributed by atoms with Gasteiger partial charge in [0.2, 0.25) is 0 Å². The van der Waals surface area contributed by atoms with Gasteiger partial charge in [-0.25, -0.2) is 0 Å². The average Bonchev–Trinajstić information content (AvgIpc) is 2.14. The molecule has 0 aliphatic heterocycles. The van der Waals surface area contributed by atoms with E-state index in [1.165, 1.54) is 5.56 Å². The first-order valence-electron chi connectivity index (χ1n) is 4.47. The third-order valence-corrected chi connectivity index (χ3v) is 1.66. The maximum absolute atomic E-state index is 8.95. The van der Waals surface area contributed by atoms with Crippen LogP contribution in [-0.2, 0) is 6.42 Å². The van der Waals surface area contributed by atoms with E-state index in [1.54, 1.807) is 6.92 Å². The van der Waals surface area contributed by atoms with Crippen molar-refractivity contribution in [1.82, 2.24) is 0 Å². The van der Waals surface area contributed by atoms with Gasteiger partial charge >= 0.3 is 0 Å². The normalized spacial score (nSPS) is 11.5. The van der Waals surface area contributed by atoms with E-state index in [4.69, 9.17) is 5.11 Å². The maximum atomic E-state index is 8.95. The molecule has 1 nitrogen and oxygen atoms in total. The number of hydrogen-bond acceptors (Lipinski definition) is 1. The highest BCUT2D eigenvalue weighted by molar-refractivity contribution is 5.20. The van der Waals surface area contributed by atoms with Gasteiger partial charge in [0.1, 0.15) is 0 Å². The SMILES string of the molecule is C[C@H](O)CC#CCc1ccccc1. The van der Waals surface area contributed by atoms with Gasteiger partial charge in [-0.1, -0.05) is 36.3 Å². The second-order valence-corrected chi connectivity index (χ2v) is 3.07. The summed E-state index contributed by atoms with van der Waals surface area (Å²) in [6.07, 6.45) is 1.02. The molecule has 0 bridgehead atoms. The quantitative estimate of drug-likeness (QED) is 0.680. The smallest absolute Gasteiger partial charge is 0.0621 e. The first-order chi connectivity index (χ1) is 6.29. The molecule has 0 radical (unpaired) electrons. The third kappa shape index (κ3) is 4.35. The highest BCUT2D eigenvalue weighted by Gasteiger charge is 1.88.